The van der Waals surface area contributed by atoms with Crippen molar-refractivity contribution >= 4 is 39.6 Å². The number of nitriles is 1. The molecule has 0 unspecified atom stereocenters. The highest BCUT2D eigenvalue weighted by Crippen LogP contribution is 2.34. The quantitative estimate of drug-likeness (QED) is 0.533. The SMILES string of the molecule is COc1cc(Br)c(C=C(C#N)C(=O)Nc2ccccc2C(=O)O)cc1OC. The van der Waals surface area contributed by atoms with Crippen LogP contribution in [0.1, 0.15) is 15.9 Å². The lowest BCUT2D eigenvalue weighted by Crippen LogP contribution is -2.16. The molecule has 0 heterocycles. The lowest BCUT2D eigenvalue weighted by molar-refractivity contribution is -0.112. The Hall–Kier alpha value is -3.31. The van der Waals surface area contributed by atoms with Crippen LogP contribution in [-0.4, -0.2) is 31.2 Å². The maximum atomic E-state index is 12.4. The van der Waals surface area contributed by atoms with E-state index in [9.17, 15) is 20.0 Å². The molecule has 2 aromatic carbocycles. The van der Waals surface area contributed by atoms with E-state index in [-0.39, 0.29) is 16.8 Å². The fourth-order valence-corrected chi connectivity index (χ4v) is 2.69. The van der Waals surface area contributed by atoms with E-state index in [1.807, 2.05) is 6.07 Å². The van der Waals surface area contributed by atoms with Gasteiger partial charge in [-0.1, -0.05) is 28.1 Å². The number of hydrogen-bond donors (Lipinski definition) is 2. The van der Waals surface area contributed by atoms with Crippen LogP contribution in [0.3, 0.4) is 0 Å². The van der Waals surface area contributed by atoms with Gasteiger partial charge in [0.25, 0.3) is 5.91 Å². The number of benzene rings is 2. The average Bonchev–Trinajstić information content (AvgIpc) is 2.66. The smallest absolute Gasteiger partial charge is 0.337 e. The first-order valence-electron chi connectivity index (χ1n) is 7.58. The number of anilines is 1. The van der Waals surface area contributed by atoms with Crippen LogP contribution in [0.15, 0.2) is 46.4 Å². The van der Waals surface area contributed by atoms with Gasteiger partial charge in [-0.15, -0.1) is 0 Å². The van der Waals surface area contributed by atoms with Gasteiger partial charge in [-0.25, -0.2) is 4.79 Å². The van der Waals surface area contributed by atoms with E-state index in [1.165, 1.54) is 32.4 Å². The van der Waals surface area contributed by atoms with Gasteiger partial charge in [0, 0.05) is 4.47 Å². The predicted octanol–water partition coefficient (Wildman–Crippen LogP) is 3.71. The van der Waals surface area contributed by atoms with E-state index >= 15 is 0 Å². The number of rotatable bonds is 6. The number of ether oxygens (including phenoxy) is 2. The van der Waals surface area contributed by atoms with E-state index in [0.717, 1.165) is 0 Å². The Morgan fingerprint density at radius 3 is 2.41 bits per heavy atom. The average molecular weight is 431 g/mol. The van der Waals surface area contributed by atoms with Gasteiger partial charge < -0.3 is 19.9 Å². The second-order valence-corrected chi connectivity index (χ2v) is 6.06. The van der Waals surface area contributed by atoms with Crippen molar-refractivity contribution in [1.82, 2.24) is 0 Å². The lowest BCUT2D eigenvalue weighted by atomic mass is 10.1. The molecule has 2 aromatic rings. The van der Waals surface area contributed by atoms with Crippen LogP contribution in [-0.2, 0) is 4.79 Å². The van der Waals surface area contributed by atoms with E-state index in [4.69, 9.17) is 9.47 Å². The molecule has 0 saturated heterocycles. The zero-order valence-electron chi connectivity index (χ0n) is 14.4. The number of carboxylic acid groups (broad SMARTS) is 1. The van der Waals surface area contributed by atoms with Gasteiger partial charge in [0.05, 0.1) is 25.5 Å². The van der Waals surface area contributed by atoms with Crippen molar-refractivity contribution in [2.45, 2.75) is 0 Å². The number of amides is 1. The minimum atomic E-state index is -1.18. The van der Waals surface area contributed by atoms with Crippen molar-refractivity contribution in [3.8, 4) is 17.6 Å². The lowest BCUT2D eigenvalue weighted by Gasteiger charge is -2.11. The number of carbonyl (C=O) groups is 2. The maximum Gasteiger partial charge on any atom is 0.337 e. The molecule has 7 nitrogen and oxygen atoms in total. The standard InChI is InChI=1S/C19H15BrN2O5/c1-26-16-8-11(14(20)9-17(16)27-2)7-12(10-21)18(23)22-15-6-4-3-5-13(15)19(24)25/h3-9H,1-2H3,(H,22,23)(H,24,25). The molecule has 0 atom stereocenters. The molecule has 0 radical (unpaired) electrons. The Bertz CT molecular complexity index is 963. The normalized spacial score (nSPS) is 10.7. The Balaban J connectivity index is 2.38. The molecule has 1 amide bonds. The summed E-state index contributed by atoms with van der Waals surface area (Å²) in [4.78, 5) is 23.7. The first-order chi connectivity index (χ1) is 12.9. The number of hydrogen-bond acceptors (Lipinski definition) is 5. The minimum Gasteiger partial charge on any atom is -0.493 e. The maximum absolute atomic E-state index is 12.4. The molecule has 0 saturated carbocycles. The summed E-state index contributed by atoms with van der Waals surface area (Å²) in [6.07, 6.45) is 1.37. The minimum absolute atomic E-state index is 0.0737. The number of carbonyl (C=O) groups excluding carboxylic acids is 1. The zero-order valence-corrected chi connectivity index (χ0v) is 16.0. The van der Waals surface area contributed by atoms with Crippen molar-refractivity contribution < 1.29 is 24.2 Å². The molecule has 0 bridgehead atoms. The van der Waals surface area contributed by atoms with Gasteiger partial charge in [-0.2, -0.15) is 5.26 Å². The second kappa shape index (κ2) is 8.87. The van der Waals surface area contributed by atoms with Crippen LogP contribution < -0.4 is 14.8 Å². The second-order valence-electron chi connectivity index (χ2n) is 5.20. The molecule has 0 aliphatic rings. The van der Waals surface area contributed by atoms with Crippen molar-refractivity contribution in [3.05, 3.63) is 57.6 Å². The molecule has 0 aromatic heterocycles. The molecule has 0 aliphatic heterocycles. The molecule has 27 heavy (non-hydrogen) atoms. The van der Waals surface area contributed by atoms with Crippen LogP contribution in [0, 0.1) is 11.3 Å². The summed E-state index contributed by atoms with van der Waals surface area (Å²) < 4.78 is 11.0. The molecule has 8 heteroatoms. The predicted molar refractivity (Wildman–Crippen MR) is 103 cm³/mol. The molecule has 0 fully saturated rings. The van der Waals surface area contributed by atoms with Gasteiger partial charge >= 0.3 is 5.97 Å². The highest BCUT2D eigenvalue weighted by molar-refractivity contribution is 9.10. The third-order valence-corrected chi connectivity index (χ3v) is 4.26. The molecule has 2 N–H and O–H groups in total. The number of halogens is 1. The summed E-state index contributed by atoms with van der Waals surface area (Å²) >= 11 is 3.36. The molecule has 0 aliphatic carbocycles. The summed E-state index contributed by atoms with van der Waals surface area (Å²) in [7, 11) is 2.97. The van der Waals surface area contributed by atoms with E-state index in [0.29, 0.717) is 21.5 Å². The van der Waals surface area contributed by atoms with Crippen molar-refractivity contribution in [2.24, 2.45) is 0 Å². The summed E-state index contributed by atoms with van der Waals surface area (Å²) in [6, 6.07) is 11.0. The topological polar surface area (TPSA) is 109 Å². The van der Waals surface area contributed by atoms with Gasteiger partial charge in [0.2, 0.25) is 0 Å². The molecular weight excluding hydrogens is 416 g/mol. The summed E-state index contributed by atoms with van der Waals surface area (Å²) in [5.74, 6) is -0.996. The molecule has 2 rings (SSSR count). The van der Waals surface area contributed by atoms with Gasteiger partial charge in [-0.05, 0) is 35.9 Å². The first kappa shape index (κ1) is 20.0. The van der Waals surface area contributed by atoms with Crippen LogP contribution in [0.25, 0.3) is 6.08 Å². The third-order valence-electron chi connectivity index (χ3n) is 3.57. The number of methoxy groups -OCH3 is 2. The van der Waals surface area contributed by atoms with Gasteiger partial charge in [-0.3, -0.25) is 4.79 Å². The van der Waals surface area contributed by atoms with E-state index in [1.54, 1.807) is 24.3 Å². The highest BCUT2D eigenvalue weighted by Gasteiger charge is 2.16. The van der Waals surface area contributed by atoms with Crippen LogP contribution in [0.5, 0.6) is 11.5 Å². The van der Waals surface area contributed by atoms with Crippen LogP contribution in [0.4, 0.5) is 5.69 Å². The number of para-hydroxylation sites is 1. The third kappa shape index (κ3) is 4.65. The van der Waals surface area contributed by atoms with Crippen molar-refractivity contribution in [2.75, 3.05) is 19.5 Å². The van der Waals surface area contributed by atoms with Gasteiger partial charge in [0.15, 0.2) is 11.5 Å². The number of aromatic carboxylic acids is 1. The summed E-state index contributed by atoms with van der Waals surface area (Å²) in [5, 5.41) is 21.0. The highest BCUT2D eigenvalue weighted by atomic mass is 79.9. The molecule has 0 spiro atoms. The van der Waals surface area contributed by atoms with E-state index < -0.39 is 11.9 Å². The Labute approximate surface area is 164 Å². The zero-order chi connectivity index (χ0) is 20.0. The Kier molecular flexibility index (Phi) is 6.57. The Morgan fingerprint density at radius 2 is 1.81 bits per heavy atom. The number of nitrogens with one attached hydrogen (secondary N) is 1. The summed E-state index contributed by atoms with van der Waals surface area (Å²) in [5.41, 5.74) is 0.340. The Morgan fingerprint density at radius 1 is 1.19 bits per heavy atom. The number of nitrogens with zero attached hydrogens (tertiary/aromatic N) is 1. The largest absolute Gasteiger partial charge is 0.493 e. The van der Waals surface area contributed by atoms with Crippen molar-refractivity contribution in [1.29, 1.82) is 5.26 Å². The number of carboxylic acids is 1. The first-order valence-corrected chi connectivity index (χ1v) is 8.37. The summed E-state index contributed by atoms with van der Waals surface area (Å²) in [6.45, 7) is 0. The monoisotopic (exact) mass is 430 g/mol. The van der Waals surface area contributed by atoms with Crippen LogP contribution >= 0.6 is 15.9 Å². The van der Waals surface area contributed by atoms with Crippen molar-refractivity contribution in [3.63, 3.8) is 0 Å². The van der Waals surface area contributed by atoms with Crippen LogP contribution in [0.2, 0.25) is 0 Å². The fourth-order valence-electron chi connectivity index (χ4n) is 2.25. The molecular formula is C19H15BrN2O5. The van der Waals surface area contributed by atoms with E-state index in [2.05, 4.69) is 21.2 Å². The van der Waals surface area contributed by atoms with Gasteiger partial charge in [0.1, 0.15) is 11.6 Å². The fraction of sp³-hybridized carbons (Fsp3) is 0.105. The molecule has 138 valence electrons.